The van der Waals surface area contributed by atoms with Crippen LogP contribution in [0, 0.1) is 17.3 Å². The molecule has 2 aliphatic carbocycles. The smallest absolute Gasteiger partial charge is 0.129 e. The molecule has 2 fully saturated rings. The van der Waals surface area contributed by atoms with Gasteiger partial charge in [-0.05, 0) is 44.4 Å². The van der Waals surface area contributed by atoms with E-state index < -0.39 is 5.60 Å². The number of hydrogen-bond donors (Lipinski definition) is 3. The molecule has 2 saturated carbocycles. The van der Waals surface area contributed by atoms with Gasteiger partial charge < -0.3 is 20.8 Å². The normalized spacial score (nSPS) is 38.7. The van der Waals surface area contributed by atoms with Gasteiger partial charge in [-0.15, -0.1) is 0 Å². The predicted molar refractivity (Wildman–Crippen MR) is 87.5 cm³/mol. The van der Waals surface area contributed by atoms with Crippen LogP contribution in [0.1, 0.15) is 45.4 Å². The number of fused-ring (bicyclic) bond motifs is 1. The minimum atomic E-state index is -0.621. The van der Waals surface area contributed by atoms with Gasteiger partial charge in [0.05, 0.1) is 5.60 Å². The Morgan fingerprint density at radius 2 is 2.18 bits per heavy atom. The van der Waals surface area contributed by atoms with Crippen LogP contribution in [-0.4, -0.2) is 41.8 Å². The second-order valence-electron chi connectivity index (χ2n) is 6.91. The molecule has 0 unspecified atom stereocenters. The van der Waals surface area contributed by atoms with Crippen molar-refractivity contribution in [2.75, 3.05) is 19.8 Å². The summed E-state index contributed by atoms with van der Waals surface area (Å²) in [6.07, 6.45) is 11.4. The average molecular weight is 310 g/mol. The van der Waals surface area contributed by atoms with Crippen LogP contribution in [-0.2, 0) is 4.84 Å². The lowest BCUT2D eigenvalue weighted by Gasteiger charge is -2.48. The van der Waals surface area contributed by atoms with Gasteiger partial charge in [0.15, 0.2) is 0 Å². The van der Waals surface area contributed by atoms with Gasteiger partial charge in [-0.2, -0.15) is 0 Å². The molecule has 0 bridgehead atoms. The van der Waals surface area contributed by atoms with Gasteiger partial charge in [0, 0.05) is 30.7 Å². The first kappa shape index (κ1) is 17.4. The zero-order valence-corrected chi connectivity index (χ0v) is 13.6. The van der Waals surface area contributed by atoms with E-state index in [0.29, 0.717) is 25.5 Å². The van der Waals surface area contributed by atoms with E-state index in [0.717, 1.165) is 32.1 Å². The molecule has 126 valence electrons. The predicted octanol–water partition coefficient (Wildman–Crippen LogP) is 1.83. The van der Waals surface area contributed by atoms with Crippen LogP contribution in [0.25, 0.3) is 0 Å². The van der Waals surface area contributed by atoms with Gasteiger partial charge in [-0.3, -0.25) is 0 Å². The second kappa shape index (κ2) is 7.57. The van der Waals surface area contributed by atoms with Crippen LogP contribution in [0.5, 0.6) is 0 Å². The van der Waals surface area contributed by atoms with E-state index in [1.165, 1.54) is 0 Å². The summed E-state index contributed by atoms with van der Waals surface area (Å²) < 4.78 is 0. The van der Waals surface area contributed by atoms with Crippen LogP contribution in [0.15, 0.2) is 17.3 Å². The van der Waals surface area contributed by atoms with Gasteiger partial charge in [0.25, 0.3) is 0 Å². The van der Waals surface area contributed by atoms with Crippen LogP contribution in [0.2, 0.25) is 0 Å². The maximum Gasteiger partial charge on any atom is 0.129 e. The molecule has 0 aromatic carbocycles. The fourth-order valence-corrected chi connectivity index (χ4v) is 4.11. The van der Waals surface area contributed by atoms with Crippen LogP contribution >= 0.6 is 0 Å². The van der Waals surface area contributed by atoms with Gasteiger partial charge in [-0.25, -0.2) is 0 Å². The first-order valence-corrected chi connectivity index (χ1v) is 8.41. The zero-order chi connectivity index (χ0) is 16.1. The number of nitrogens with zero attached hydrogens (tertiary/aromatic N) is 1. The Kier molecular flexibility index (Phi) is 6.01. The lowest BCUT2D eigenvalue weighted by atomic mass is 9.60. The van der Waals surface area contributed by atoms with Crippen molar-refractivity contribution >= 4 is 6.21 Å². The highest BCUT2D eigenvalue weighted by atomic mass is 16.6. The van der Waals surface area contributed by atoms with E-state index in [2.05, 4.69) is 18.2 Å². The molecule has 0 aliphatic heterocycles. The van der Waals surface area contributed by atoms with Crippen LogP contribution in [0.3, 0.4) is 0 Å². The molecule has 4 atom stereocenters. The summed E-state index contributed by atoms with van der Waals surface area (Å²) in [5, 5.41) is 24.1. The molecule has 0 amide bonds. The Morgan fingerprint density at radius 1 is 1.36 bits per heavy atom. The summed E-state index contributed by atoms with van der Waals surface area (Å²) in [5.74, 6) is 0.673. The number of aliphatic hydroxyl groups is 2. The topological polar surface area (TPSA) is 88.1 Å². The summed E-state index contributed by atoms with van der Waals surface area (Å²) >= 11 is 0. The molecule has 0 heterocycles. The number of aliphatic hydroxyl groups excluding tert-OH is 1. The van der Waals surface area contributed by atoms with Crippen molar-refractivity contribution in [3.8, 4) is 0 Å². The highest BCUT2D eigenvalue weighted by Gasteiger charge is 2.58. The van der Waals surface area contributed by atoms with Crippen molar-refractivity contribution in [1.29, 1.82) is 0 Å². The van der Waals surface area contributed by atoms with Crippen molar-refractivity contribution < 1.29 is 15.1 Å². The lowest BCUT2D eigenvalue weighted by Crippen LogP contribution is -2.49. The summed E-state index contributed by atoms with van der Waals surface area (Å²) in [6.45, 7) is 3.27. The van der Waals surface area contributed by atoms with Crippen molar-refractivity contribution in [3.63, 3.8) is 0 Å². The Balaban J connectivity index is 1.99. The van der Waals surface area contributed by atoms with Crippen LogP contribution in [0.4, 0.5) is 0 Å². The Labute approximate surface area is 133 Å². The Bertz CT molecular complexity index is 413. The highest BCUT2D eigenvalue weighted by Crippen LogP contribution is 2.58. The standard InChI is InChI=1S/C17H30N2O3/c1-16-7-5-14(4-2-3-10-20)12-17(16,21)8-6-15(16)13-19-22-11-9-18/h2,4,13-15,20-21H,3,5-12,18H2,1H3/t14-,15+,16+,17-/m0/s1. The molecule has 2 rings (SSSR count). The van der Waals surface area contributed by atoms with Crippen molar-refractivity contribution in [2.24, 2.45) is 28.1 Å². The quantitative estimate of drug-likeness (QED) is 0.290. The molecule has 22 heavy (non-hydrogen) atoms. The molecule has 0 radical (unpaired) electrons. The number of allylic oxidation sites excluding steroid dienone is 1. The third-order valence-corrected chi connectivity index (χ3v) is 5.61. The summed E-state index contributed by atoms with van der Waals surface area (Å²) in [7, 11) is 0. The Morgan fingerprint density at radius 3 is 2.91 bits per heavy atom. The zero-order valence-electron chi connectivity index (χ0n) is 13.6. The molecule has 4 N–H and O–H groups in total. The van der Waals surface area contributed by atoms with E-state index in [-0.39, 0.29) is 17.9 Å². The first-order valence-electron chi connectivity index (χ1n) is 8.41. The molecule has 0 saturated heterocycles. The van der Waals surface area contributed by atoms with Gasteiger partial charge in [0.2, 0.25) is 0 Å². The van der Waals surface area contributed by atoms with E-state index in [9.17, 15) is 5.11 Å². The molecular formula is C17H30N2O3. The molecule has 5 nitrogen and oxygen atoms in total. The fraction of sp³-hybridized carbons (Fsp3) is 0.824. The number of nitrogens with two attached hydrogens (primary N) is 1. The van der Waals surface area contributed by atoms with E-state index in [1.807, 2.05) is 12.3 Å². The largest absolute Gasteiger partial charge is 0.396 e. The van der Waals surface area contributed by atoms with Crippen molar-refractivity contribution in [2.45, 2.75) is 51.0 Å². The lowest BCUT2D eigenvalue weighted by molar-refractivity contribution is -0.1000. The number of oxime groups is 1. The van der Waals surface area contributed by atoms with Gasteiger partial charge >= 0.3 is 0 Å². The molecule has 5 heteroatoms. The monoisotopic (exact) mass is 310 g/mol. The first-order chi connectivity index (χ1) is 10.6. The molecular weight excluding hydrogens is 280 g/mol. The third-order valence-electron chi connectivity index (χ3n) is 5.61. The average Bonchev–Trinajstić information content (AvgIpc) is 2.76. The van der Waals surface area contributed by atoms with E-state index >= 15 is 0 Å². The number of rotatable bonds is 7. The fourth-order valence-electron chi connectivity index (χ4n) is 4.11. The van der Waals surface area contributed by atoms with E-state index in [4.69, 9.17) is 15.7 Å². The summed E-state index contributed by atoms with van der Waals surface area (Å²) in [6, 6.07) is 0. The van der Waals surface area contributed by atoms with Gasteiger partial charge in [-0.1, -0.05) is 24.2 Å². The molecule has 0 aromatic rings. The summed E-state index contributed by atoms with van der Waals surface area (Å²) in [4.78, 5) is 5.12. The van der Waals surface area contributed by atoms with Gasteiger partial charge in [0.1, 0.15) is 6.61 Å². The SMILES string of the molecule is C[C@]12CC[C@H](C=CCCO)C[C@@]1(O)CC[C@@H]2C=NOCCN. The second-order valence-corrected chi connectivity index (χ2v) is 6.91. The maximum absolute atomic E-state index is 11.2. The third kappa shape index (κ3) is 3.53. The molecule has 0 spiro atoms. The minimum absolute atomic E-state index is 0.121. The van der Waals surface area contributed by atoms with Crippen molar-refractivity contribution in [1.82, 2.24) is 0 Å². The minimum Gasteiger partial charge on any atom is -0.396 e. The van der Waals surface area contributed by atoms with Crippen molar-refractivity contribution in [3.05, 3.63) is 12.2 Å². The molecule has 2 aliphatic rings. The summed E-state index contributed by atoms with van der Waals surface area (Å²) in [5.41, 5.74) is 4.64. The van der Waals surface area contributed by atoms with E-state index in [1.54, 1.807) is 0 Å². The Hall–Kier alpha value is -0.910. The van der Waals surface area contributed by atoms with Crippen LogP contribution < -0.4 is 5.73 Å². The maximum atomic E-state index is 11.2. The highest BCUT2D eigenvalue weighted by molar-refractivity contribution is 5.62. The molecule has 0 aromatic heterocycles. The number of hydrogen-bond acceptors (Lipinski definition) is 5.